The molecule has 0 radical (unpaired) electrons. The van der Waals surface area contributed by atoms with Crippen molar-refractivity contribution < 1.29 is 0 Å². The molecule has 2 aromatic rings. The molecule has 0 fully saturated rings. The molecule has 22 heavy (non-hydrogen) atoms. The van der Waals surface area contributed by atoms with Crippen molar-refractivity contribution in [3.63, 3.8) is 0 Å². The van der Waals surface area contributed by atoms with Gasteiger partial charge in [0.15, 0.2) is 0 Å². The van der Waals surface area contributed by atoms with Gasteiger partial charge in [-0.05, 0) is 29.5 Å². The minimum absolute atomic E-state index is 0. The zero-order valence-corrected chi connectivity index (χ0v) is 14.3. The number of aryl methyl sites for hydroxylation is 2. The summed E-state index contributed by atoms with van der Waals surface area (Å²) in [6.45, 7) is 0.599. The first-order valence-electron chi connectivity index (χ1n) is 6.82. The lowest BCUT2D eigenvalue weighted by molar-refractivity contribution is 0.955. The Morgan fingerprint density at radius 1 is 0.818 bits per heavy atom. The van der Waals surface area contributed by atoms with E-state index >= 15 is 0 Å². The molecule has 0 spiro atoms. The summed E-state index contributed by atoms with van der Waals surface area (Å²) in [6.07, 6.45) is 2.05. The number of hydrogen-bond acceptors (Lipinski definition) is 2. The van der Waals surface area contributed by atoms with Gasteiger partial charge in [-0.3, -0.25) is 4.99 Å². The first-order valence-corrected chi connectivity index (χ1v) is 6.82. The lowest BCUT2D eigenvalue weighted by Crippen LogP contribution is -2.12. The van der Waals surface area contributed by atoms with E-state index in [1.165, 1.54) is 16.7 Å². The molecule has 120 valence electrons. The number of hydrogen-bond donors (Lipinski definition) is 2. The molecular weight excluding hydrogens is 317 g/mol. The van der Waals surface area contributed by atoms with Crippen LogP contribution in [0.1, 0.15) is 22.3 Å². The van der Waals surface area contributed by atoms with Crippen molar-refractivity contribution in [1.29, 1.82) is 0 Å². The summed E-state index contributed by atoms with van der Waals surface area (Å²) >= 11 is 0. The van der Waals surface area contributed by atoms with Crippen LogP contribution in [0.4, 0.5) is 0 Å². The van der Waals surface area contributed by atoms with Gasteiger partial charge in [-0.15, -0.1) is 24.8 Å². The van der Waals surface area contributed by atoms with Crippen LogP contribution >= 0.6 is 24.8 Å². The maximum absolute atomic E-state index is 5.78. The monoisotopic (exact) mass is 339 g/mol. The highest BCUT2D eigenvalue weighted by Gasteiger charge is 1.99. The van der Waals surface area contributed by atoms with Gasteiger partial charge >= 0.3 is 0 Å². The molecule has 0 heterocycles. The average Bonchev–Trinajstić information content (AvgIpc) is 2.53. The Labute approximate surface area is 144 Å². The Kier molecular flexibility index (Phi) is 9.50. The van der Waals surface area contributed by atoms with Gasteiger partial charge in [0.25, 0.3) is 0 Å². The number of nitrogens with zero attached hydrogens (tertiary/aromatic N) is 1. The summed E-state index contributed by atoms with van der Waals surface area (Å²) in [4.78, 5) is 3.98. The molecule has 4 N–H and O–H groups in total. The molecule has 0 aliphatic carbocycles. The molecule has 0 saturated heterocycles. The molecule has 0 unspecified atom stereocenters. The second kappa shape index (κ2) is 10.2. The van der Waals surface area contributed by atoms with Crippen LogP contribution in [0.2, 0.25) is 0 Å². The Morgan fingerprint density at radius 3 is 1.64 bits per heavy atom. The summed E-state index contributed by atoms with van der Waals surface area (Å²) in [5, 5.41) is 0. The van der Waals surface area contributed by atoms with Crippen molar-refractivity contribution in [3.8, 4) is 0 Å². The largest absolute Gasteiger partial charge is 0.384 e. The molecule has 2 aromatic carbocycles. The molecule has 0 aliphatic rings. The Bertz CT molecular complexity index is 578. The van der Waals surface area contributed by atoms with Crippen molar-refractivity contribution in [2.45, 2.75) is 19.4 Å². The molecule has 2 rings (SSSR count). The second-order valence-corrected chi connectivity index (χ2v) is 4.83. The summed E-state index contributed by atoms with van der Waals surface area (Å²) < 4.78 is 0. The number of halogens is 2. The summed E-state index contributed by atoms with van der Waals surface area (Å²) in [5.74, 6) is 0.578. The molecule has 5 heteroatoms. The summed E-state index contributed by atoms with van der Waals surface area (Å²) in [7, 11) is 1.70. The van der Waals surface area contributed by atoms with Crippen molar-refractivity contribution >= 4 is 30.6 Å². The van der Waals surface area contributed by atoms with Crippen molar-refractivity contribution in [2.75, 3.05) is 7.05 Å². The van der Waals surface area contributed by atoms with Crippen LogP contribution in [0.5, 0.6) is 0 Å². The van der Waals surface area contributed by atoms with E-state index in [0.29, 0.717) is 12.4 Å². The van der Waals surface area contributed by atoms with Gasteiger partial charge in [-0.2, -0.15) is 0 Å². The second-order valence-electron chi connectivity index (χ2n) is 4.83. The lowest BCUT2D eigenvalue weighted by Gasteiger charge is -2.05. The van der Waals surface area contributed by atoms with E-state index in [1.54, 1.807) is 7.05 Å². The maximum Gasteiger partial charge on any atom is 0.125 e. The minimum Gasteiger partial charge on any atom is -0.384 e. The van der Waals surface area contributed by atoms with Crippen LogP contribution in [0.15, 0.2) is 53.5 Å². The summed E-state index contributed by atoms with van der Waals surface area (Å²) in [5.41, 5.74) is 16.2. The fourth-order valence-electron chi connectivity index (χ4n) is 2.10. The Hall–Kier alpha value is -1.55. The topological polar surface area (TPSA) is 64.4 Å². The van der Waals surface area contributed by atoms with Crippen LogP contribution in [-0.2, 0) is 19.4 Å². The van der Waals surface area contributed by atoms with Gasteiger partial charge in [0.1, 0.15) is 5.84 Å². The van der Waals surface area contributed by atoms with E-state index in [2.05, 4.69) is 41.4 Å². The number of rotatable bonds is 5. The van der Waals surface area contributed by atoms with Gasteiger partial charge in [0, 0.05) is 19.2 Å². The van der Waals surface area contributed by atoms with Crippen LogP contribution in [-0.4, -0.2) is 12.9 Å². The highest BCUT2D eigenvalue weighted by atomic mass is 35.5. The van der Waals surface area contributed by atoms with E-state index < -0.39 is 0 Å². The third kappa shape index (κ3) is 5.68. The third-order valence-electron chi connectivity index (χ3n) is 3.45. The van der Waals surface area contributed by atoms with E-state index in [0.717, 1.165) is 18.4 Å². The predicted octanol–water partition coefficient (Wildman–Crippen LogP) is 3.11. The Morgan fingerprint density at radius 2 is 1.23 bits per heavy atom. The van der Waals surface area contributed by atoms with Crippen LogP contribution < -0.4 is 11.5 Å². The van der Waals surface area contributed by atoms with Crippen molar-refractivity contribution in [3.05, 3.63) is 70.8 Å². The van der Waals surface area contributed by atoms with Crippen molar-refractivity contribution in [1.82, 2.24) is 0 Å². The quantitative estimate of drug-likeness (QED) is 0.649. The summed E-state index contributed by atoms with van der Waals surface area (Å²) in [6, 6.07) is 16.8. The van der Waals surface area contributed by atoms with Gasteiger partial charge in [-0.25, -0.2) is 0 Å². The molecule has 0 amide bonds. The Balaban J connectivity index is 0.00000220. The van der Waals surface area contributed by atoms with E-state index in [4.69, 9.17) is 11.5 Å². The number of benzene rings is 2. The number of nitrogens with two attached hydrogens (primary N) is 2. The van der Waals surface area contributed by atoms with Gasteiger partial charge in [-0.1, -0.05) is 48.5 Å². The fraction of sp³-hybridized carbons (Fsp3) is 0.235. The van der Waals surface area contributed by atoms with Crippen LogP contribution in [0.25, 0.3) is 0 Å². The molecule has 0 aromatic heterocycles. The maximum atomic E-state index is 5.78. The zero-order valence-electron chi connectivity index (χ0n) is 12.7. The van der Waals surface area contributed by atoms with Gasteiger partial charge in [0.2, 0.25) is 0 Å². The highest BCUT2D eigenvalue weighted by molar-refractivity contribution is 5.97. The van der Waals surface area contributed by atoms with Crippen molar-refractivity contribution in [2.24, 2.45) is 16.5 Å². The lowest BCUT2D eigenvalue weighted by atomic mass is 10.0. The van der Waals surface area contributed by atoms with E-state index in [1.807, 2.05) is 12.1 Å². The molecule has 0 bridgehead atoms. The molecule has 0 saturated carbocycles. The SMILES string of the molecule is CN=C(N)c1ccc(CCc2ccc(CN)cc2)cc1.Cl.Cl. The van der Waals surface area contributed by atoms with Gasteiger partial charge < -0.3 is 11.5 Å². The van der Waals surface area contributed by atoms with Crippen LogP contribution in [0.3, 0.4) is 0 Å². The fourth-order valence-corrected chi connectivity index (χ4v) is 2.10. The van der Waals surface area contributed by atoms with Crippen LogP contribution in [0, 0.1) is 0 Å². The molecule has 0 aliphatic heterocycles. The first-order chi connectivity index (χ1) is 9.72. The standard InChI is InChI=1S/C17H21N3.2ClH/c1-20-17(19)16-10-8-14(9-11-16)3-2-13-4-6-15(12-18)7-5-13;;/h4-11H,2-3,12,18H2,1H3,(H2,19,20);2*1H. The average molecular weight is 340 g/mol. The molecule has 0 atom stereocenters. The molecule has 3 nitrogen and oxygen atoms in total. The highest BCUT2D eigenvalue weighted by Crippen LogP contribution is 2.10. The minimum atomic E-state index is 0. The number of aliphatic imine (C=N–C) groups is 1. The normalized spacial score (nSPS) is 10.5. The smallest absolute Gasteiger partial charge is 0.125 e. The van der Waals surface area contributed by atoms with E-state index in [9.17, 15) is 0 Å². The van der Waals surface area contributed by atoms with E-state index in [-0.39, 0.29) is 24.8 Å². The zero-order chi connectivity index (χ0) is 14.4. The first kappa shape index (κ1) is 20.5. The van der Waals surface area contributed by atoms with Gasteiger partial charge in [0.05, 0.1) is 0 Å². The molecular formula is C17H23Cl2N3. The number of amidine groups is 1. The predicted molar refractivity (Wildman–Crippen MR) is 99.3 cm³/mol. The third-order valence-corrected chi connectivity index (χ3v) is 3.45.